The van der Waals surface area contributed by atoms with Crippen LogP contribution in [0.2, 0.25) is 0 Å². The summed E-state index contributed by atoms with van der Waals surface area (Å²) in [7, 11) is 0. The molecule has 0 spiro atoms. The molecule has 6 rings (SSSR count). The van der Waals surface area contributed by atoms with Crippen LogP contribution in [0.25, 0.3) is 22.2 Å². The number of carbonyl (C=O) groups excluding carboxylic acids is 1. The lowest BCUT2D eigenvalue weighted by atomic mass is 9.98. The molecule has 1 aliphatic heterocycles. The van der Waals surface area contributed by atoms with Gasteiger partial charge in [0.15, 0.2) is 0 Å². The Kier molecular flexibility index (Phi) is 6.01. The van der Waals surface area contributed by atoms with Crippen LogP contribution in [0.3, 0.4) is 0 Å². The first-order chi connectivity index (χ1) is 18.6. The molecule has 0 saturated carbocycles. The minimum Gasteiger partial charge on any atom is -0.508 e. The third-order valence-electron chi connectivity index (χ3n) is 6.71. The van der Waals surface area contributed by atoms with Gasteiger partial charge in [0.1, 0.15) is 5.75 Å². The lowest BCUT2D eigenvalue weighted by Crippen LogP contribution is -2.31. The highest BCUT2D eigenvalue weighted by Crippen LogP contribution is 2.38. The summed E-state index contributed by atoms with van der Waals surface area (Å²) >= 11 is 0. The van der Waals surface area contributed by atoms with Gasteiger partial charge in [0.25, 0.3) is 0 Å². The lowest BCUT2D eigenvalue weighted by Gasteiger charge is -2.23. The van der Waals surface area contributed by atoms with E-state index in [1.807, 2.05) is 85.8 Å². The zero-order valence-corrected chi connectivity index (χ0v) is 20.7. The number of hydrogen-bond donors (Lipinski definition) is 2. The SMILES string of the molecule is Cc1ccc(-c2cc(NC(=O)N3N=C(c4cccnc4)CC3c3ccccc3O)c3ccccc3n2)cc1. The van der Waals surface area contributed by atoms with E-state index >= 15 is 0 Å². The summed E-state index contributed by atoms with van der Waals surface area (Å²) in [6, 6.07) is 27.7. The number of hydrazone groups is 1. The van der Waals surface area contributed by atoms with Crippen molar-refractivity contribution in [1.29, 1.82) is 0 Å². The molecule has 1 atom stereocenters. The van der Waals surface area contributed by atoms with Crippen molar-refractivity contribution in [3.8, 4) is 17.0 Å². The van der Waals surface area contributed by atoms with Crippen molar-refractivity contribution in [3.05, 3.63) is 120 Å². The molecule has 186 valence electrons. The summed E-state index contributed by atoms with van der Waals surface area (Å²) in [5.41, 5.74) is 6.48. The molecule has 7 nitrogen and oxygen atoms in total. The number of aromatic nitrogens is 2. The lowest BCUT2D eigenvalue weighted by molar-refractivity contribution is 0.199. The van der Waals surface area contributed by atoms with Crippen LogP contribution < -0.4 is 5.32 Å². The molecule has 2 amide bonds. The Labute approximate surface area is 220 Å². The molecule has 0 radical (unpaired) electrons. The second-order valence-electron chi connectivity index (χ2n) is 9.28. The van der Waals surface area contributed by atoms with Gasteiger partial charge in [-0.15, -0.1) is 0 Å². The number of amides is 2. The van der Waals surface area contributed by atoms with E-state index in [-0.39, 0.29) is 5.75 Å². The first-order valence-corrected chi connectivity index (χ1v) is 12.4. The van der Waals surface area contributed by atoms with Crippen LogP contribution in [-0.4, -0.2) is 31.8 Å². The number of phenols is 1. The first-order valence-electron chi connectivity index (χ1n) is 12.4. The van der Waals surface area contributed by atoms with E-state index < -0.39 is 12.1 Å². The average Bonchev–Trinajstić information content (AvgIpc) is 3.40. The van der Waals surface area contributed by atoms with Crippen LogP contribution >= 0.6 is 0 Å². The number of nitrogens with one attached hydrogen (secondary N) is 1. The summed E-state index contributed by atoms with van der Waals surface area (Å²) < 4.78 is 0. The van der Waals surface area contributed by atoms with Crippen molar-refractivity contribution in [2.45, 2.75) is 19.4 Å². The van der Waals surface area contributed by atoms with Crippen LogP contribution in [0, 0.1) is 6.92 Å². The molecule has 0 saturated heterocycles. The third kappa shape index (κ3) is 4.46. The van der Waals surface area contributed by atoms with Crippen LogP contribution in [0.15, 0.2) is 108 Å². The first kappa shape index (κ1) is 23.4. The van der Waals surface area contributed by atoms with Gasteiger partial charge in [-0.2, -0.15) is 5.10 Å². The Balaban J connectivity index is 1.40. The van der Waals surface area contributed by atoms with E-state index in [1.54, 1.807) is 24.5 Å². The number of fused-ring (bicyclic) bond motifs is 1. The molecular formula is C31H25N5O2. The Hall–Kier alpha value is -5.04. The molecule has 1 aliphatic rings. The standard InChI is InChI=1S/C31H25N5O2/c1-20-12-14-21(15-13-20)26-17-28(23-8-2-4-10-25(23)33-26)34-31(38)36-29(24-9-3-5-11-30(24)37)18-27(35-36)22-7-6-16-32-19-22/h2-17,19,29,37H,18H2,1H3,(H,33,34,38). The number of aryl methyl sites for hydroxylation is 1. The molecule has 3 heterocycles. The average molecular weight is 500 g/mol. The molecule has 7 heteroatoms. The van der Waals surface area contributed by atoms with E-state index in [4.69, 9.17) is 10.1 Å². The number of phenolic OH excluding ortho intramolecular Hbond substituents is 1. The van der Waals surface area contributed by atoms with E-state index in [9.17, 15) is 9.90 Å². The summed E-state index contributed by atoms with van der Waals surface area (Å²) in [5, 5.41) is 20.6. The third-order valence-corrected chi connectivity index (χ3v) is 6.71. The van der Waals surface area contributed by atoms with Crippen molar-refractivity contribution in [1.82, 2.24) is 15.0 Å². The molecule has 5 aromatic rings. The molecule has 3 aromatic carbocycles. The summed E-state index contributed by atoms with van der Waals surface area (Å²) in [4.78, 5) is 22.9. The van der Waals surface area contributed by atoms with Gasteiger partial charge < -0.3 is 10.4 Å². The monoisotopic (exact) mass is 499 g/mol. The van der Waals surface area contributed by atoms with Gasteiger partial charge in [0.2, 0.25) is 0 Å². The predicted molar refractivity (Wildman–Crippen MR) is 149 cm³/mol. The van der Waals surface area contributed by atoms with Crippen molar-refractivity contribution in [3.63, 3.8) is 0 Å². The number of urea groups is 1. The number of para-hydroxylation sites is 2. The van der Waals surface area contributed by atoms with Gasteiger partial charge in [-0.05, 0) is 31.2 Å². The highest BCUT2D eigenvalue weighted by molar-refractivity contribution is 6.06. The fourth-order valence-electron chi connectivity index (χ4n) is 4.74. The zero-order chi connectivity index (χ0) is 26.1. The number of hydrogen-bond acceptors (Lipinski definition) is 5. The largest absolute Gasteiger partial charge is 0.508 e. The molecule has 1 unspecified atom stereocenters. The summed E-state index contributed by atoms with van der Waals surface area (Å²) in [6.07, 6.45) is 3.87. The van der Waals surface area contributed by atoms with E-state index in [2.05, 4.69) is 10.3 Å². The minimum absolute atomic E-state index is 0.119. The molecule has 0 fully saturated rings. The highest BCUT2D eigenvalue weighted by Gasteiger charge is 2.35. The number of aromatic hydroxyl groups is 1. The number of carbonyl (C=O) groups is 1. The normalized spacial score (nSPS) is 14.9. The van der Waals surface area contributed by atoms with Gasteiger partial charge >= 0.3 is 6.03 Å². The number of anilines is 1. The number of benzene rings is 3. The Morgan fingerprint density at radius 3 is 2.53 bits per heavy atom. The fraction of sp³-hybridized carbons (Fsp3) is 0.0968. The fourth-order valence-corrected chi connectivity index (χ4v) is 4.74. The Bertz CT molecular complexity index is 1670. The minimum atomic E-state index is -0.476. The maximum absolute atomic E-state index is 13.8. The maximum atomic E-state index is 13.8. The highest BCUT2D eigenvalue weighted by atomic mass is 16.3. The van der Waals surface area contributed by atoms with Crippen LogP contribution in [0.5, 0.6) is 5.75 Å². The molecule has 0 bridgehead atoms. The second-order valence-corrected chi connectivity index (χ2v) is 9.28. The maximum Gasteiger partial charge on any atom is 0.342 e. The number of nitrogens with zero attached hydrogens (tertiary/aromatic N) is 4. The topological polar surface area (TPSA) is 90.7 Å². The Morgan fingerprint density at radius 1 is 0.947 bits per heavy atom. The molecule has 38 heavy (non-hydrogen) atoms. The number of rotatable bonds is 4. The van der Waals surface area contributed by atoms with Crippen LogP contribution in [0.4, 0.5) is 10.5 Å². The summed E-state index contributed by atoms with van der Waals surface area (Å²) in [6.45, 7) is 2.04. The summed E-state index contributed by atoms with van der Waals surface area (Å²) in [5.74, 6) is 0.119. The predicted octanol–water partition coefficient (Wildman–Crippen LogP) is 6.69. The van der Waals surface area contributed by atoms with Crippen molar-refractivity contribution in [2.75, 3.05) is 5.32 Å². The quantitative estimate of drug-likeness (QED) is 0.288. The molecular weight excluding hydrogens is 474 g/mol. The smallest absolute Gasteiger partial charge is 0.342 e. The molecule has 0 aliphatic carbocycles. The van der Waals surface area contributed by atoms with Gasteiger partial charge in [-0.1, -0.05) is 72.3 Å². The van der Waals surface area contributed by atoms with Crippen LogP contribution in [-0.2, 0) is 0 Å². The zero-order valence-electron chi connectivity index (χ0n) is 20.7. The van der Waals surface area contributed by atoms with Crippen molar-refractivity contribution >= 4 is 28.3 Å². The van der Waals surface area contributed by atoms with Gasteiger partial charge in [-0.3, -0.25) is 4.98 Å². The van der Waals surface area contributed by atoms with E-state index in [1.165, 1.54) is 5.01 Å². The van der Waals surface area contributed by atoms with E-state index in [0.29, 0.717) is 17.7 Å². The van der Waals surface area contributed by atoms with Crippen molar-refractivity contribution < 1.29 is 9.90 Å². The number of pyridine rings is 2. The molecule has 2 N–H and O–H groups in total. The van der Waals surface area contributed by atoms with Crippen LogP contribution in [0.1, 0.15) is 29.2 Å². The van der Waals surface area contributed by atoms with Gasteiger partial charge in [-0.25, -0.2) is 14.8 Å². The Morgan fingerprint density at radius 2 is 1.74 bits per heavy atom. The second kappa shape index (κ2) is 9.78. The molecule has 2 aromatic heterocycles. The van der Waals surface area contributed by atoms with E-state index in [0.717, 1.165) is 39.0 Å². The van der Waals surface area contributed by atoms with Gasteiger partial charge in [0.05, 0.1) is 28.7 Å². The van der Waals surface area contributed by atoms with Gasteiger partial charge in [0, 0.05) is 40.9 Å². The van der Waals surface area contributed by atoms with Crippen molar-refractivity contribution in [2.24, 2.45) is 5.10 Å².